The molecule has 4 fully saturated rings. The van der Waals surface area contributed by atoms with Gasteiger partial charge in [0, 0.05) is 12.1 Å². The van der Waals surface area contributed by atoms with Crippen LogP contribution in [-0.4, -0.2) is 27.3 Å². The van der Waals surface area contributed by atoms with Crippen molar-refractivity contribution >= 4 is 21.8 Å². The van der Waals surface area contributed by atoms with Crippen LogP contribution in [0.3, 0.4) is 0 Å². The van der Waals surface area contributed by atoms with Crippen molar-refractivity contribution in [1.82, 2.24) is 20.1 Å². The quantitative estimate of drug-likeness (QED) is 0.708. The first kappa shape index (κ1) is 19.1. The predicted octanol–water partition coefficient (Wildman–Crippen LogP) is 4.05. The van der Waals surface area contributed by atoms with Gasteiger partial charge in [-0.3, -0.25) is 4.79 Å². The van der Waals surface area contributed by atoms with Crippen LogP contribution in [0.15, 0.2) is 35.3 Å². The lowest BCUT2D eigenvalue weighted by Gasteiger charge is -2.60. The number of carbonyl (C=O) groups is 1. The number of benzene rings is 1. The Hall–Kier alpha value is -1.89. The van der Waals surface area contributed by atoms with Gasteiger partial charge in [0.1, 0.15) is 12.1 Å². The van der Waals surface area contributed by atoms with Crippen molar-refractivity contribution < 1.29 is 9.53 Å². The SMILES string of the molecule is CCOc1ccccc1CNC(=O)C12C[C@H]3C[C@@H](C1)CC(n1cnc(Br)n1)(C3)C2. The van der Waals surface area contributed by atoms with Crippen LogP contribution in [0.1, 0.15) is 51.0 Å². The fraction of sp³-hybridized carbons (Fsp3) is 0.591. The molecule has 154 valence electrons. The lowest BCUT2D eigenvalue weighted by molar-refractivity contribution is -0.156. The maximum absolute atomic E-state index is 13.5. The molecule has 4 atom stereocenters. The summed E-state index contributed by atoms with van der Waals surface area (Å²) in [5, 5.41) is 7.85. The molecule has 2 unspecified atom stereocenters. The third kappa shape index (κ3) is 3.27. The van der Waals surface area contributed by atoms with E-state index >= 15 is 0 Å². The molecule has 1 N–H and O–H groups in total. The molecule has 1 heterocycles. The van der Waals surface area contributed by atoms with Crippen LogP contribution in [0.5, 0.6) is 5.75 Å². The molecule has 4 aliphatic rings. The normalized spacial score (nSPS) is 32.3. The average molecular weight is 459 g/mol. The van der Waals surface area contributed by atoms with Crippen molar-refractivity contribution in [3.63, 3.8) is 0 Å². The number of hydrogen-bond donors (Lipinski definition) is 1. The monoisotopic (exact) mass is 458 g/mol. The summed E-state index contributed by atoms with van der Waals surface area (Å²) in [5.74, 6) is 2.24. The van der Waals surface area contributed by atoms with E-state index in [1.165, 1.54) is 6.42 Å². The lowest BCUT2D eigenvalue weighted by Crippen LogP contribution is -2.61. The molecule has 29 heavy (non-hydrogen) atoms. The molecular weight excluding hydrogens is 432 g/mol. The Bertz CT molecular complexity index is 913. The molecule has 4 bridgehead atoms. The van der Waals surface area contributed by atoms with Crippen LogP contribution in [0, 0.1) is 17.3 Å². The Labute approximate surface area is 179 Å². The van der Waals surface area contributed by atoms with Crippen molar-refractivity contribution in [2.75, 3.05) is 6.61 Å². The lowest BCUT2D eigenvalue weighted by atomic mass is 9.46. The van der Waals surface area contributed by atoms with Crippen molar-refractivity contribution in [2.24, 2.45) is 17.3 Å². The highest BCUT2D eigenvalue weighted by atomic mass is 79.9. The first-order chi connectivity index (χ1) is 14.0. The van der Waals surface area contributed by atoms with Crippen LogP contribution in [0.4, 0.5) is 0 Å². The number of carbonyl (C=O) groups excluding carboxylic acids is 1. The summed E-state index contributed by atoms with van der Waals surface area (Å²) in [4.78, 5) is 17.8. The molecule has 0 saturated heterocycles. The molecule has 1 aromatic carbocycles. The molecule has 4 saturated carbocycles. The topological polar surface area (TPSA) is 69.0 Å². The largest absolute Gasteiger partial charge is 0.494 e. The molecule has 6 nitrogen and oxygen atoms in total. The van der Waals surface area contributed by atoms with Crippen molar-refractivity contribution in [3.8, 4) is 5.75 Å². The van der Waals surface area contributed by atoms with Crippen molar-refractivity contribution in [3.05, 3.63) is 40.9 Å². The number of amides is 1. The zero-order valence-corrected chi connectivity index (χ0v) is 18.3. The Kier molecular flexibility index (Phi) is 4.68. The smallest absolute Gasteiger partial charge is 0.226 e. The minimum atomic E-state index is -0.289. The molecule has 6 rings (SSSR count). The second-order valence-corrected chi connectivity index (χ2v) is 9.86. The number of ether oxygens (including phenoxy) is 1. The van der Waals surface area contributed by atoms with Crippen LogP contribution in [0.2, 0.25) is 0 Å². The van der Waals surface area contributed by atoms with Gasteiger partial charge in [0.25, 0.3) is 0 Å². The van der Waals surface area contributed by atoms with Crippen LogP contribution in [0.25, 0.3) is 0 Å². The number of halogens is 1. The average Bonchev–Trinajstić information content (AvgIpc) is 3.14. The molecule has 2 aromatic rings. The summed E-state index contributed by atoms with van der Waals surface area (Å²) in [7, 11) is 0. The first-order valence-corrected chi connectivity index (χ1v) is 11.4. The van der Waals surface area contributed by atoms with Gasteiger partial charge in [-0.25, -0.2) is 9.67 Å². The minimum absolute atomic E-state index is 0.0658. The van der Waals surface area contributed by atoms with Gasteiger partial charge in [-0.05, 0) is 79.3 Å². The molecule has 1 aromatic heterocycles. The van der Waals surface area contributed by atoms with Gasteiger partial charge in [0.2, 0.25) is 10.6 Å². The summed E-state index contributed by atoms with van der Waals surface area (Å²) in [5.41, 5.74) is 0.676. The van der Waals surface area contributed by atoms with Gasteiger partial charge in [-0.2, -0.15) is 0 Å². The molecule has 0 spiro atoms. The Balaban J connectivity index is 1.37. The van der Waals surface area contributed by atoms with E-state index in [1.54, 1.807) is 0 Å². The molecule has 4 aliphatic carbocycles. The molecule has 0 radical (unpaired) electrons. The van der Waals surface area contributed by atoms with Gasteiger partial charge in [0.15, 0.2) is 0 Å². The van der Waals surface area contributed by atoms with Gasteiger partial charge in [-0.15, -0.1) is 5.10 Å². The fourth-order valence-electron chi connectivity index (χ4n) is 6.53. The van der Waals surface area contributed by atoms with Gasteiger partial charge < -0.3 is 10.1 Å². The van der Waals surface area contributed by atoms with E-state index in [2.05, 4.69) is 31.3 Å². The third-order valence-electron chi connectivity index (χ3n) is 7.17. The van der Waals surface area contributed by atoms with E-state index in [4.69, 9.17) is 4.74 Å². The predicted molar refractivity (Wildman–Crippen MR) is 112 cm³/mol. The molecular formula is C22H27BrN4O2. The number of rotatable bonds is 6. The van der Waals surface area contributed by atoms with Gasteiger partial charge in [-0.1, -0.05) is 18.2 Å². The van der Waals surface area contributed by atoms with E-state index < -0.39 is 0 Å². The molecule has 0 aliphatic heterocycles. The summed E-state index contributed by atoms with van der Waals surface area (Å²) < 4.78 is 8.39. The standard InChI is InChI=1S/C22H27BrN4O2/c1-2-29-18-6-4-3-5-17(18)12-24-19(28)21-8-15-7-16(9-21)11-22(10-15,13-21)27-14-25-20(23)26-27/h3-6,14-16H,2,7-13H2,1H3,(H,24,28)/t15-,16+,21?,22?. The summed E-state index contributed by atoms with van der Waals surface area (Å²) in [6.07, 6.45) is 8.17. The van der Waals surface area contributed by atoms with Gasteiger partial charge in [0.05, 0.1) is 17.6 Å². The van der Waals surface area contributed by atoms with Crippen LogP contribution < -0.4 is 10.1 Å². The maximum Gasteiger partial charge on any atom is 0.226 e. The highest BCUT2D eigenvalue weighted by molar-refractivity contribution is 9.10. The Morgan fingerprint density at radius 3 is 2.72 bits per heavy atom. The zero-order valence-electron chi connectivity index (χ0n) is 16.7. The third-order valence-corrected chi connectivity index (χ3v) is 7.54. The Morgan fingerprint density at radius 2 is 2.03 bits per heavy atom. The van der Waals surface area contributed by atoms with Crippen molar-refractivity contribution in [1.29, 1.82) is 0 Å². The maximum atomic E-state index is 13.5. The second kappa shape index (κ2) is 7.11. The van der Waals surface area contributed by atoms with E-state index in [0.29, 0.717) is 29.7 Å². The van der Waals surface area contributed by atoms with E-state index in [9.17, 15) is 4.79 Å². The summed E-state index contributed by atoms with van der Waals surface area (Å²) in [6, 6.07) is 7.95. The first-order valence-electron chi connectivity index (χ1n) is 10.6. The number of nitrogens with one attached hydrogen (secondary N) is 1. The number of aromatic nitrogens is 3. The van der Waals surface area contributed by atoms with E-state index in [-0.39, 0.29) is 16.9 Å². The number of para-hydroxylation sites is 1. The summed E-state index contributed by atoms with van der Waals surface area (Å²) in [6.45, 7) is 3.11. The zero-order chi connectivity index (χ0) is 20.1. The van der Waals surface area contributed by atoms with E-state index in [0.717, 1.165) is 43.4 Å². The molecule has 7 heteroatoms. The Morgan fingerprint density at radius 1 is 1.28 bits per heavy atom. The van der Waals surface area contributed by atoms with Gasteiger partial charge >= 0.3 is 0 Å². The number of nitrogens with zero attached hydrogens (tertiary/aromatic N) is 3. The fourth-order valence-corrected chi connectivity index (χ4v) is 6.79. The van der Waals surface area contributed by atoms with E-state index in [1.807, 2.05) is 42.2 Å². The van der Waals surface area contributed by atoms with Crippen LogP contribution in [-0.2, 0) is 16.9 Å². The minimum Gasteiger partial charge on any atom is -0.494 e. The van der Waals surface area contributed by atoms with Crippen LogP contribution >= 0.6 is 15.9 Å². The molecule has 1 amide bonds. The second-order valence-electron chi connectivity index (χ2n) is 9.15. The number of hydrogen-bond acceptors (Lipinski definition) is 4. The highest BCUT2D eigenvalue weighted by Gasteiger charge is 2.61. The highest BCUT2D eigenvalue weighted by Crippen LogP contribution is 2.64. The van der Waals surface area contributed by atoms with Crippen molar-refractivity contribution in [2.45, 2.75) is 57.5 Å². The summed E-state index contributed by atoms with van der Waals surface area (Å²) >= 11 is 3.39.